The van der Waals surface area contributed by atoms with Gasteiger partial charge in [0.25, 0.3) is 0 Å². The molecule has 2 aromatic heterocycles. The molecule has 0 fully saturated rings. The molecule has 0 aliphatic rings. The molecular formula is C27H26ClF2N3O4S. The summed E-state index contributed by atoms with van der Waals surface area (Å²) < 4.78 is 62.1. The number of nitrogens with one attached hydrogen (secondary N) is 2. The van der Waals surface area contributed by atoms with E-state index < -0.39 is 44.3 Å². The zero-order valence-electron chi connectivity index (χ0n) is 21.2. The number of ether oxygens (including phenoxy) is 1. The summed E-state index contributed by atoms with van der Waals surface area (Å²) in [6.45, 7) is 7.39. The first-order chi connectivity index (χ1) is 17.8. The first-order valence-electron chi connectivity index (χ1n) is 11.8. The van der Waals surface area contributed by atoms with Crippen molar-refractivity contribution in [2.24, 2.45) is 0 Å². The van der Waals surface area contributed by atoms with E-state index in [0.717, 1.165) is 12.1 Å². The minimum atomic E-state index is -3.87. The number of pyridine rings is 1. The van der Waals surface area contributed by atoms with Crippen LogP contribution in [0.15, 0.2) is 48.8 Å². The number of ketones is 1. The van der Waals surface area contributed by atoms with Crippen LogP contribution in [0.3, 0.4) is 0 Å². The number of H-pyrrole nitrogens is 1. The molecule has 0 aliphatic heterocycles. The number of carbonyl (C=O) groups is 1. The van der Waals surface area contributed by atoms with Crippen LogP contribution >= 0.6 is 11.6 Å². The summed E-state index contributed by atoms with van der Waals surface area (Å²) in [6, 6.07) is 8.62. The van der Waals surface area contributed by atoms with Crippen molar-refractivity contribution in [1.82, 2.24) is 9.97 Å². The van der Waals surface area contributed by atoms with Crippen molar-refractivity contribution in [2.45, 2.75) is 39.7 Å². The van der Waals surface area contributed by atoms with Crippen LogP contribution in [0.1, 0.15) is 50.0 Å². The monoisotopic (exact) mass is 561 g/mol. The van der Waals surface area contributed by atoms with Crippen molar-refractivity contribution in [1.29, 1.82) is 0 Å². The molecule has 11 heteroatoms. The Bertz CT molecular complexity index is 1650. The number of halogens is 3. The van der Waals surface area contributed by atoms with Gasteiger partial charge in [0.1, 0.15) is 22.8 Å². The fraction of sp³-hybridized carbons (Fsp3) is 0.259. The number of sulfonamides is 1. The Balaban J connectivity index is 1.74. The summed E-state index contributed by atoms with van der Waals surface area (Å²) in [6.07, 6.45) is 3.16. The van der Waals surface area contributed by atoms with Gasteiger partial charge in [-0.1, -0.05) is 18.5 Å². The quantitative estimate of drug-likeness (QED) is 0.232. The normalized spacial score (nSPS) is 12.1. The largest absolute Gasteiger partial charge is 0.488 e. The van der Waals surface area contributed by atoms with E-state index in [2.05, 4.69) is 14.7 Å². The van der Waals surface area contributed by atoms with Crippen LogP contribution in [0, 0.1) is 11.6 Å². The fourth-order valence-electron chi connectivity index (χ4n) is 3.95. The van der Waals surface area contributed by atoms with Gasteiger partial charge in [0.05, 0.1) is 22.0 Å². The van der Waals surface area contributed by atoms with Crippen molar-refractivity contribution in [2.75, 3.05) is 10.5 Å². The van der Waals surface area contributed by atoms with Gasteiger partial charge in [0, 0.05) is 34.5 Å². The highest BCUT2D eigenvalue weighted by molar-refractivity contribution is 7.92. The number of benzene rings is 2. The lowest BCUT2D eigenvalue weighted by molar-refractivity contribution is 0.103. The third-order valence-corrected chi connectivity index (χ3v) is 7.30. The van der Waals surface area contributed by atoms with Gasteiger partial charge in [-0.2, -0.15) is 0 Å². The average molecular weight is 562 g/mol. The van der Waals surface area contributed by atoms with Crippen LogP contribution in [-0.4, -0.2) is 35.5 Å². The Kier molecular flexibility index (Phi) is 7.49. The fourth-order valence-corrected chi connectivity index (χ4v) is 5.36. The van der Waals surface area contributed by atoms with Crippen LogP contribution in [-0.2, 0) is 10.0 Å². The van der Waals surface area contributed by atoms with Gasteiger partial charge in [-0.3, -0.25) is 9.52 Å². The first kappa shape index (κ1) is 27.5. The Morgan fingerprint density at radius 1 is 1.16 bits per heavy atom. The van der Waals surface area contributed by atoms with E-state index in [0.29, 0.717) is 39.4 Å². The third-order valence-electron chi connectivity index (χ3n) is 5.51. The minimum Gasteiger partial charge on any atom is -0.488 e. The Morgan fingerprint density at radius 3 is 2.55 bits per heavy atom. The first-order valence-corrected chi connectivity index (χ1v) is 13.8. The molecule has 0 saturated heterocycles. The number of hydrogen-bond acceptors (Lipinski definition) is 5. The second-order valence-electron chi connectivity index (χ2n) is 9.71. The smallest absolute Gasteiger partial charge is 0.232 e. The molecule has 0 saturated carbocycles. The van der Waals surface area contributed by atoms with E-state index in [-0.39, 0.29) is 11.3 Å². The Hall–Kier alpha value is -3.50. The van der Waals surface area contributed by atoms with E-state index >= 15 is 4.39 Å². The highest BCUT2D eigenvalue weighted by atomic mass is 35.5. The van der Waals surface area contributed by atoms with Crippen molar-refractivity contribution in [3.05, 3.63) is 76.6 Å². The van der Waals surface area contributed by atoms with E-state index in [4.69, 9.17) is 16.3 Å². The predicted octanol–water partition coefficient (Wildman–Crippen LogP) is 6.72. The molecule has 0 bridgehead atoms. The molecule has 2 N–H and O–H groups in total. The molecule has 0 atom stereocenters. The molecule has 2 aromatic carbocycles. The average Bonchev–Trinajstić information content (AvgIpc) is 3.23. The number of nitrogens with zero attached hydrogens (tertiary/aromatic N) is 1. The second-order valence-corrected chi connectivity index (χ2v) is 12.0. The van der Waals surface area contributed by atoms with Crippen LogP contribution in [0.4, 0.5) is 14.5 Å². The van der Waals surface area contributed by atoms with Crippen molar-refractivity contribution >= 4 is 44.1 Å². The van der Waals surface area contributed by atoms with Gasteiger partial charge < -0.3 is 9.72 Å². The second kappa shape index (κ2) is 10.3. The summed E-state index contributed by atoms with van der Waals surface area (Å²) >= 11 is 6.51. The summed E-state index contributed by atoms with van der Waals surface area (Å²) in [4.78, 5) is 20.5. The predicted molar refractivity (Wildman–Crippen MR) is 144 cm³/mol. The van der Waals surface area contributed by atoms with Gasteiger partial charge >= 0.3 is 0 Å². The van der Waals surface area contributed by atoms with Gasteiger partial charge in [0.2, 0.25) is 15.8 Å². The van der Waals surface area contributed by atoms with E-state index in [1.54, 1.807) is 37.4 Å². The van der Waals surface area contributed by atoms with E-state index in [9.17, 15) is 17.6 Å². The standard InChI is InChI=1S/C27H26ClF2N3O4S/c1-5-10-38(35,36)33-22-9-8-21(29)23(24(22)30)25(34)19-14-32-26-18(19)11-15(13-31-26)17-7-6-16(12-20(17)28)37-27(2,3)4/h6-9,11-14,33H,5,10H2,1-4H3,(H,31,32). The summed E-state index contributed by atoms with van der Waals surface area (Å²) in [5.74, 6) is -3.07. The topological polar surface area (TPSA) is 101 Å². The number of hydrogen-bond donors (Lipinski definition) is 2. The van der Waals surface area contributed by atoms with E-state index in [1.165, 1.54) is 6.20 Å². The van der Waals surface area contributed by atoms with Crippen molar-refractivity contribution < 1.29 is 26.7 Å². The lowest BCUT2D eigenvalue weighted by Crippen LogP contribution is -2.22. The molecule has 2 heterocycles. The summed E-state index contributed by atoms with van der Waals surface area (Å²) in [5.41, 5.74) is -0.331. The molecule has 0 aliphatic carbocycles. The summed E-state index contributed by atoms with van der Waals surface area (Å²) in [5, 5.41) is 0.704. The highest BCUT2D eigenvalue weighted by Gasteiger charge is 2.26. The lowest BCUT2D eigenvalue weighted by atomic mass is 9.99. The maximum atomic E-state index is 15.3. The molecular weight excluding hydrogens is 536 g/mol. The SMILES string of the molecule is CCCS(=O)(=O)Nc1ccc(F)c(C(=O)c2c[nH]c3ncc(-c4ccc(OC(C)(C)C)cc4Cl)cc23)c1F. The van der Waals surface area contributed by atoms with Crippen LogP contribution < -0.4 is 9.46 Å². The number of aromatic nitrogens is 2. The molecule has 0 radical (unpaired) electrons. The molecule has 38 heavy (non-hydrogen) atoms. The highest BCUT2D eigenvalue weighted by Crippen LogP contribution is 2.34. The van der Waals surface area contributed by atoms with Crippen LogP contribution in [0.2, 0.25) is 5.02 Å². The molecule has 0 spiro atoms. The van der Waals surface area contributed by atoms with Gasteiger partial charge in [-0.05, 0) is 63.6 Å². The van der Waals surface area contributed by atoms with Gasteiger partial charge in [-0.25, -0.2) is 22.2 Å². The van der Waals surface area contributed by atoms with Crippen molar-refractivity contribution in [3.63, 3.8) is 0 Å². The maximum absolute atomic E-state index is 15.3. The number of carbonyl (C=O) groups excluding carboxylic acids is 1. The minimum absolute atomic E-state index is 0.0375. The molecule has 4 aromatic rings. The number of rotatable bonds is 8. The number of anilines is 1. The lowest BCUT2D eigenvalue weighted by Gasteiger charge is -2.21. The molecule has 0 amide bonds. The Labute approximate surface area is 224 Å². The Morgan fingerprint density at radius 2 is 1.89 bits per heavy atom. The molecule has 0 unspecified atom stereocenters. The third kappa shape index (κ3) is 5.81. The van der Waals surface area contributed by atoms with Gasteiger partial charge in [0.15, 0.2) is 5.82 Å². The summed E-state index contributed by atoms with van der Waals surface area (Å²) in [7, 11) is -3.87. The van der Waals surface area contributed by atoms with E-state index in [1.807, 2.05) is 20.8 Å². The maximum Gasteiger partial charge on any atom is 0.232 e. The molecule has 200 valence electrons. The van der Waals surface area contributed by atoms with Crippen LogP contribution in [0.5, 0.6) is 5.75 Å². The molecule has 4 rings (SSSR count). The van der Waals surface area contributed by atoms with Crippen molar-refractivity contribution in [3.8, 4) is 16.9 Å². The zero-order valence-corrected chi connectivity index (χ0v) is 22.7. The number of aromatic amines is 1. The number of fused-ring (bicyclic) bond motifs is 1. The zero-order chi connectivity index (χ0) is 27.8. The van der Waals surface area contributed by atoms with Crippen LogP contribution in [0.25, 0.3) is 22.2 Å². The van der Waals surface area contributed by atoms with Gasteiger partial charge in [-0.15, -0.1) is 0 Å². The molecule has 7 nitrogen and oxygen atoms in total.